The van der Waals surface area contributed by atoms with Crippen molar-refractivity contribution in [1.82, 2.24) is 4.90 Å². The minimum absolute atomic E-state index is 0.542. The van der Waals surface area contributed by atoms with Crippen LogP contribution in [0, 0.1) is 5.41 Å². The number of rotatable bonds is 2. The van der Waals surface area contributed by atoms with Gasteiger partial charge in [-0.3, -0.25) is 0 Å². The molecule has 1 unspecified atom stereocenters. The summed E-state index contributed by atoms with van der Waals surface area (Å²) in [4.78, 5) is 2.66. The third-order valence-corrected chi connectivity index (χ3v) is 4.75. The summed E-state index contributed by atoms with van der Waals surface area (Å²) < 4.78 is 0. The van der Waals surface area contributed by atoms with Gasteiger partial charge in [0.25, 0.3) is 0 Å². The van der Waals surface area contributed by atoms with Crippen molar-refractivity contribution in [2.75, 3.05) is 25.0 Å². The highest BCUT2D eigenvalue weighted by Crippen LogP contribution is 2.31. The molecule has 3 rings (SSSR count). The van der Waals surface area contributed by atoms with Crippen LogP contribution >= 0.6 is 0 Å². The molecule has 1 aromatic rings. The maximum absolute atomic E-state index is 3.68. The van der Waals surface area contributed by atoms with Gasteiger partial charge in [0.15, 0.2) is 0 Å². The van der Waals surface area contributed by atoms with E-state index in [4.69, 9.17) is 0 Å². The van der Waals surface area contributed by atoms with Gasteiger partial charge >= 0.3 is 0 Å². The molecule has 1 N–H and O–H groups in total. The van der Waals surface area contributed by atoms with E-state index in [2.05, 4.69) is 48.3 Å². The molecule has 0 spiro atoms. The van der Waals surface area contributed by atoms with Crippen LogP contribution in [0.4, 0.5) is 5.69 Å². The molecule has 2 aliphatic rings. The van der Waals surface area contributed by atoms with Crippen LogP contribution in [0.1, 0.15) is 38.7 Å². The molecule has 0 aromatic heterocycles. The average molecular weight is 258 g/mol. The Morgan fingerprint density at radius 2 is 2.05 bits per heavy atom. The fourth-order valence-electron chi connectivity index (χ4n) is 3.46. The molecule has 1 fully saturated rings. The second-order valence-corrected chi connectivity index (χ2v) is 7.02. The van der Waals surface area contributed by atoms with Gasteiger partial charge < -0.3 is 10.2 Å². The lowest BCUT2D eigenvalue weighted by atomic mass is 9.85. The van der Waals surface area contributed by atoms with Gasteiger partial charge in [-0.25, -0.2) is 0 Å². The molecule has 0 amide bonds. The monoisotopic (exact) mass is 258 g/mol. The fourth-order valence-corrected chi connectivity index (χ4v) is 3.46. The van der Waals surface area contributed by atoms with Crippen molar-refractivity contribution >= 4 is 5.69 Å². The average Bonchev–Trinajstić information content (AvgIpc) is 2.69. The van der Waals surface area contributed by atoms with Crippen molar-refractivity contribution in [3.05, 3.63) is 29.8 Å². The highest BCUT2D eigenvalue weighted by atomic mass is 15.2. The Kier molecular flexibility index (Phi) is 3.53. The molecule has 0 saturated carbocycles. The van der Waals surface area contributed by atoms with Crippen molar-refractivity contribution in [1.29, 1.82) is 0 Å². The molecule has 2 heterocycles. The van der Waals surface area contributed by atoms with Gasteiger partial charge in [-0.05, 0) is 55.8 Å². The quantitative estimate of drug-likeness (QED) is 0.873. The van der Waals surface area contributed by atoms with E-state index >= 15 is 0 Å². The van der Waals surface area contributed by atoms with Crippen LogP contribution < -0.4 is 5.32 Å². The standard InChI is InChI=1S/C17H26N2/c1-17(2)8-5-10-19(11-9-17)13-15-12-14-6-3-4-7-16(14)18-15/h3-4,6-7,15,18H,5,8-13H2,1-2H3. The van der Waals surface area contributed by atoms with Crippen LogP contribution in [0.15, 0.2) is 24.3 Å². The number of hydrogen-bond acceptors (Lipinski definition) is 2. The third-order valence-electron chi connectivity index (χ3n) is 4.75. The number of fused-ring (bicyclic) bond motifs is 1. The Morgan fingerprint density at radius 3 is 2.89 bits per heavy atom. The molecular weight excluding hydrogens is 232 g/mol. The van der Waals surface area contributed by atoms with Crippen molar-refractivity contribution in [2.24, 2.45) is 5.41 Å². The summed E-state index contributed by atoms with van der Waals surface area (Å²) in [5.74, 6) is 0. The SMILES string of the molecule is CC1(C)CCCN(CC2Cc3ccccc3N2)CC1. The number of nitrogens with zero attached hydrogens (tertiary/aromatic N) is 1. The first-order chi connectivity index (χ1) is 9.12. The third kappa shape index (κ3) is 3.11. The summed E-state index contributed by atoms with van der Waals surface area (Å²) in [6, 6.07) is 9.35. The molecule has 0 radical (unpaired) electrons. The minimum Gasteiger partial charge on any atom is -0.380 e. The van der Waals surface area contributed by atoms with Gasteiger partial charge in [0.05, 0.1) is 0 Å². The number of likely N-dealkylation sites (tertiary alicyclic amines) is 1. The number of anilines is 1. The van der Waals surface area contributed by atoms with Gasteiger partial charge in [-0.2, -0.15) is 0 Å². The molecule has 1 aromatic carbocycles. The molecule has 2 nitrogen and oxygen atoms in total. The zero-order valence-electron chi connectivity index (χ0n) is 12.3. The van der Waals surface area contributed by atoms with E-state index in [-0.39, 0.29) is 0 Å². The normalized spacial score (nSPS) is 26.5. The van der Waals surface area contributed by atoms with Crippen LogP contribution in [-0.2, 0) is 6.42 Å². The van der Waals surface area contributed by atoms with Gasteiger partial charge in [0.2, 0.25) is 0 Å². The van der Waals surface area contributed by atoms with Gasteiger partial charge in [-0.15, -0.1) is 0 Å². The number of hydrogen-bond donors (Lipinski definition) is 1. The number of benzene rings is 1. The first-order valence-electron chi connectivity index (χ1n) is 7.69. The van der Waals surface area contributed by atoms with Crippen molar-refractivity contribution < 1.29 is 0 Å². The summed E-state index contributed by atoms with van der Waals surface area (Å²) >= 11 is 0. The smallest absolute Gasteiger partial charge is 0.0429 e. The lowest BCUT2D eigenvalue weighted by Gasteiger charge is -2.25. The molecule has 1 saturated heterocycles. The first-order valence-corrected chi connectivity index (χ1v) is 7.69. The fraction of sp³-hybridized carbons (Fsp3) is 0.647. The Bertz CT molecular complexity index is 414. The molecular formula is C17H26N2. The highest BCUT2D eigenvalue weighted by molar-refractivity contribution is 5.56. The van der Waals surface area contributed by atoms with Crippen molar-refractivity contribution in [3.63, 3.8) is 0 Å². The van der Waals surface area contributed by atoms with Crippen molar-refractivity contribution in [3.8, 4) is 0 Å². The highest BCUT2D eigenvalue weighted by Gasteiger charge is 2.26. The molecule has 104 valence electrons. The minimum atomic E-state index is 0.542. The lowest BCUT2D eigenvalue weighted by Crippen LogP contribution is -2.36. The topological polar surface area (TPSA) is 15.3 Å². The second-order valence-electron chi connectivity index (χ2n) is 7.02. The molecule has 0 aliphatic carbocycles. The zero-order valence-corrected chi connectivity index (χ0v) is 12.3. The van der Waals surface area contributed by atoms with Crippen LogP contribution in [0.25, 0.3) is 0 Å². The predicted octanol–water partition coefficient (Wildman–Crippen LogP) is 3.54. The van der Waals surface area contributed by atoms with E-state index in [1.165, 1.54) is 56.6 Å². The second kappa shape index (κ2) is 5.16. The molecule has 19 heavy (non-hydrogen) atoms. The van der Waals surface area contributed by atoms with Gasteiger partial charge in [0.1, 0.15) is 0 Å². The van der Waals surface area contributed by atoms with Crippen LogP contribution in [0.5, 0.6) is 0 Å². The summed E-state index contributed by atoms with van der Waals surface area (Å²) in [5.41, 5.74) is 3.38. The largest absolute Gasteiger partial charge is 0.380 e. The zero-order chi connectivity index (χ0) is 13.3. The summed E-state index contributed by atoms with van der Waals surface area (Å²) in [5, 5.41) is 3.68. The van der Waals surface area contributed by atoms with Gasteiger partial charge in [-0.1, -0.05) is 32.0 Å². The van der Waals surface area contributed by atoms with Crippen LogP contribution in [0.3, 0.4) is 0 Å². The van der Waals surface area contributed by atoms with Crippen LogP contribution in [0.2, 0.25) is 0 Å². The Labute approximate surface area is 117 Å². The van der Waals surface area contributed by atoms with Crippen LogP contribution in [-0.4, -0.2) is 30.6 Å². The summed E-state index contributed by atoms with van der Waals surface area (Å²) in [6.07, 6.45) is 5.26. The number of nitrogens with one attached hydrogen (secondary N) is 1. The molecule has 2 heteroatoms. The lowest BCUT2D eigenvalue weighted by molar-refractivity contribution is 0.254. The van der Waals surface area contributed by atoms with Gasteiger partial charge in [0, 0.05) is 18.3 Å². The Hall–Kier alpha value is -1.02. The van der Waals surface area contributed by atoms with E-state index in [0.29, 0.717) is 11.5 Å². The summed E-state index contributed by atoms with van der Waals surface area (Å²) in [6.45, 7) is 8.57. The first kappa shape index (κ1) is 13.0. The Morgan fingerprint density at radius 1 is 1.21 bits per heavy atom. The van der Waals surface area contributed by atoms with E-state index in [1.807, 2.05) is 0 Å². The maximum atomic E-state index is 3.68. The Balaban J connectivity index is 1.56. The van der Waals surface area contributed by atoms with E-state index in [9.17, 15) is 0 Å². The number of para-hydroxylation sites is 1. The summed E-state index contributed by atoms with van der Waals surface area (Å²) in [7, 11) is 0. The predicted molar refractivity (Wildman–Crippen MR) is 81.6 cm³/mol. The molecule has 2 aliphatic heterocycles. The molecule has 0 bridgehead atoms. The van der Waals surface area contributed by atoms with E-state index < -0.39 is 0 Å². The molecule has 1 atom stereocenters. The maximum Gasteiger partial charge on any atom is 0.0429 e. The van der Waals surface area contributed by atoms with Crippen molar-refractivity contribution in [2.45, 2.75) is 45.6 Å². The van der Waals surface area contributed by atoms with E-state index in [1.54, 1.807) is 0 Å². The van der Waals surface area contributed by atoms with E-state index in [0.717, 1.165) is 0 Å².